The van der Waals surface area contributed by atoms with Crippen LogP contribution in [-0.2, 0) is 12.5 Å². The predicted octanol–water partition coefficient (Wildman–Crippen LogP) is 8.87. The fourth-order valence-electron chi connectivity index (χ4n) is 6.52. The molecule has 0 atom stereocenters. The third kappa shape index (κ3) is 6.13. The van der Waals surface area contributed by atoms with E-state index < -0.39 is 8.07 Å². The average molecular weight is 503 g/mol. The summed E-state index contributed by atoms with van der Waals surface area (Å²) in [4.78, 5) is 0. The van der Waals surface area contributed by atoms with Gasteiger partial charge in [0.25, 0.3) is 0 Å². The zero-order valence-electron chi connectivity index (χ0n) is 25.3. The summed E-state index contributed by atoms with van der Waals surface area (Å²) < 4.78 is 2.33. The van der Waals surface area contributed by atoms with Gasteiger partial charge in [-0.3, -0.25) is 0 Å². The molecule has 1 aromatic heterocycles. The number of fused-ring (bicyclic) bond motifs is 1. The van der Waals surface area contributed by atoms with E-state index in [-0.39, 0.29) is 5.41 Å². The number of nitrogens with zero attached hydrogens (tertiary/aromatic N) is 1. The summed E-state index contributed by atoms with van der Waals surface area (Å²) in [6.07, 6.45) is 2.27. The second-order valence-electron chi connectivity index (χ2n) is 13.9. The predicted molar refractivity (Wildman–Crippen MR) is 163 cm³/mol. The molecule has 2 heteroatoms. The number of aromatic nitrogens is 1. The summed E-state index contributed by atoms with van der Waals surface area (Å²) in [5, 5.41) is 4.44. The second kappa shape index (κ2) is 10.8. The highest BCUT2D eigenvalue weighted by Gasteiger charge is 2.37. The number of benzene rings is 2. The summed E-state index contributed by atoms with van der Waals surface area (Å²) in [6, 6.07) is 18.9. The minimum atomic E-state index is -1.65. The van der Waals surface area contributed by atoms with Crippen molar-refractivity contribution in [3.63, 3.8) is 0 Å². The van der Waals surface area contributed by atoms with Crippen molar-refractivity contribution in [1.29, 1.82) is 0 Å². The first-order valence-electron chi connectivity index (χ1n) is 14.2. The van der Waals surface area contributed by atoms with Crippen LogP contribution in [0.25, 0.3) is 22.0 Å². The van der Waals surface area contributed by atoms with Crippen molar-refractivity contribution >= 4 is 24.0 Å². The number of rotatable bonds is 8. The maximum atomic E-state index is 2.59. The standard InChI is InChI=1S/C34H52NSi/c1-23(2)20-36(21-24(3)4,22-25(5)6)30-13-14-31-28(18-30)15-16-35(12)33(31)32-19-29(34(9,10)11)17-26(7)27(32)8/h13-19,23-25H,20-22H2,1-12H3/q+1. The fraction of sp³-hybridized carbons (Fsp3) is 0.559. The van der Waals surface area contributed by atoms with Crippen LogP contribution in [0.4, 0.5) is 0 Å². The zero-order valence-corrected chi connectivity index (χ0v) is 26.3. The lowest BCUT2D eigenvalue weighted by Crippen LogP contribution is -2.50. The van der Waals surface area contributed by atoms with Gasteiger partial charge in [0.1, 0.15) is 7.05 Å². The SMILES string of the molecule is Cc1cc(C(C)(C)C)cc(-c2c3ccc([Si](CC(C)C)(CC(C)C)CC(C)C)cc3cc[n+]2C)c1C. The van der Waals surface area contributed by atoms with Crippen molar-refractivity contribution in [1.82, 2.24) is 0 Å². The van der Waals surface area contributed by atoms with Gasteiger partial charge in [0.05, 0.1) is 19.0 Å². The van der Waals surface area contributed by atoms with Gasteiger partial charge >= 0.3 is 0 Å². The van der Waals surface area contributed by atoms with E-state index in [0.717, 1.165) is 17.8 Å². The van der Waals surface area contributed by atoms with Crippen LogP contribution in [-0.4, -0.2) is 8.07 Å². The molecule has 1 nitrogen and oxygen atoms in total. The Morgan fingerprint density at radius 3 is 1.83 bits per heavy atom. The molecule has 0 bridgehead atoms. The van der Waals surface area contributed by atoms with E-state index in [2.05, 4.69) is 130 Å². The van der Waals surface area contributed by atoms with Gasteiger partial charge in [-0.15, -0.1) is 0 Å². The quantitative estimate of drug-likeness (QED) is 0.214. The molecule has 0 spiro atoms. The molecule has 0 amide bonds. The lowest BCUT2D eigenvalue weighted by atomic mass is 9.83. The molecule has 0 saturated heterocycles. The van der Waals surface area contributed by atoms with E-state index >= 15 is 0 Å². The van der Waals surface area contributed by atoms with Crippen LogP contribution >= 0.6 is 0 Å². The van der Waals surface area contributed by atoms with Gasteiger partial charge in [0, 0.05) is 6.07 Å². The molecule has 0 N–H and O–H groups in total. The van der Waals surface area contributed by atoms with Gasteiger partial charge < -0.3 is 0 Å². The van der Waals surface area contributed by atoms with Crippen LogP contribution in [0, 0.1) is 31.6 Å². The average Bonchev–Trinajstić information content (AvgIpc) is 2.73. The summed E-state index contributed by atoms with van der Waals surface area (Å²) in [5.41, 5.74) is 7.01. The van der Waals surface area contributed by atoms with Crippen LogP contribution in [0.2, 0.25) is 18.1 Å². The fourth-order valence-corrected chi connectivity index (χ4v) is 13.3. The van der Waals surface area contributed by atoms with Crippen LogP contribution in [0.1, 0.15) is 79.0 Å². The Bertz CT molecular complexity index is 1180. The topological polar surface area (TPSA) is 3.88 Å². The van der Waals surface area contributed by atoms with Crippen molar-refractivity contribution < 1.29 is 4.57 Å². The van der Waals surface area contributed by atoms with E-state index in [1.54, 1.807) is 5.19 Å². The molecule has 0 aliphatic carbocycles. The van der Waals surface area contributed by atoms with Crippen molar-refractivity contribution in [2.75, 3.05) is 0 Å². The Balaban J connectivity index is 2.29. The van der Waals surface area contributed by atoms with Gasteiger partial charge in [0.2, 0.25) is 5.69 Å². The van der Waals surface area contributed by atoms with E-state index in [4.69, 9.17) is 0 Å². The second-order valence-corrected chi connectivity index (χ2v) is 18.2. The molecule has 0 unspecified atom stereocenters. The number of pyridine rings is 1. The Kier molecular flexibility index (Phi) is 8.60. The molecular weight excluding hydrogens is 450 g/mol. The molecule has 1 heterocycles. The maximum absolute atomic E-state index is 2.59. The van der Waals surface area contributed by atoms with Crippen LogP contribution in [0.3, 0.4) is 0 Å². The summed E-state index contributed by atoms with van der Waals surface area (Å²) >= 11 is 0. The molecule has 3 rings (SSSR count). The molecule has 0 aliphatic rings. The molecule has 0 fully saturated rings. The first-order chi connectivity index (χ1) is 16.6. The smallest absolute Gasteiger partial charge is 0.200 e. The Hall–Kier alpha value is -1.93. The molecule has 0 aliphatic heterocycles. The lowest BCUT2D eigenvalue weighted by Gasteiger charge is -2.37. The zero-order chi connectivity index (χ0) is 27.0. The number of hydrogen-bond acceptors (Lipinski definition) is 0. The summed E-state index contributed by atoms with van der Waals surface area (Å²) in [7, 11) is 0.556. The molecular formula is C34H52NSi+. The molecule has 0 saturated carbocycles. The van der Waals surface area contributed by atoms with Crippen molar-refractivity contribution in [2.24, 2.45) is 24.8 Å². The van der Waals surface area contributed by atoms with Crippen molar-refractivity contribution in [3.8, 4) is 11.3 Å². The van der Waals surface area contributed by atoms with Crippen LogP contribution in [0.15, 0.2) is 42.6 Å². The molecule has 3 aromatic rings. The minimum absolute atomic E-state index is 0.124. The first-order valence-corrected chi connectivity index (χ1v) is 16.8. The Morgan fingerprint density at radius 2 is 1.33 bits per heavy atom. The lowest BCUT2D eigenvalue weighted by molar-refractivity contribution is -0.659. The highest BCUT2D eigenvalue weighted by Crippen LogP contribution is 2.36. The minimum Gasteiger partial charge on any atom is -0.200 e. The van der Waals surface area contributed by atoms with Gasteiger partial charge in [-0.05, 0) is 71.2 Å². The monoisotopic (exact) mass is 502 g/mol. The summed E-state index contributed by atoms with van der Waals surface area (Å²) in [6.45, 7) is 26.1. The first kappa shape index (κ1) is 28.6. The van der Waals surface area contributed by atoms with Gasteiger partial charge in [-0.2, -0.15) is 0 Å². The molecule has 0 radical (unpaired) electrons. The van der Waals surface area contributed by atoms with E-state index in [0.29, 0.717) is 0 Å². The van der Waals surface area contributed by atoms with Crippen molar-refractivity contribution in [2.45, 2.75) is 99.7 Å². The molecule has 2 aromatic carbocycles. The molecule has 36 heavy (non-hydrogen) atoms. The normalized spacial score (nSPS) is 13.0. The Labute approximate surface area is 223 Å². The van der Waals surface area contributed by atoms with E-state index in [9.17, 15) is 0 Å². The largest absolute Gasteiger partial charge is 0.220 e. The van der Waals surface area contributed by atoms with E-state index in [1.165, 1.54) is 56.9 Å². The van der Waals surface area contributed by atoms with Crippen molar-refractivity contribution in [3.05, 3.63) is 59.3 Å². The van der Waals surface area contributed by atoms with E-state index in [1.807, 2.05) is 0 Å². The highest BCUT2D eigenvalue weighted by molar-refractivity contribution is 6.92. The van der Waals surface area contributed by atoms with Crippen LogP contribution in [0.5, 0.6) is 0 Å². The third-order valence-corrected chi connectivity index (χ3v) is 14.3. The highest BCUT2D eigenvalue weighted by atomic mass is 28.3. The van der Waals surface area contributed by atoms with Gasteiger partial charge in [-0.1, -0.05) is 104 Å². The number of aryl methyl sites for hydroxylation is 2. The summed E-state index contributed by atoms with van der Waals surface area (Å²) in [5.74, 6) is 2.21. The number of hydrogen-bond donors (Lipinski definition) is 0. The Morgan fingerprint density at radius 1 is 0.778 bits per heavy atom. The van der Waals surface area contributed by atoms with Crippen LogP contribution < -0.4 is 9.75 Å². The molecule has 196 valence electrons. The maximum Gasteiger partial charge on any atom is 0.220 e. The van der Waals surface area contributed by atoms with Gasteiger partial charge in [0.15, 0.2) is 6.20 Å². The third-order valence-electron chi connectivity index (χ3n) is 7.93. The van der Waals surface area contributed by atoms with Gasteiger partial charge in [-0.25, -0.2) is 4.57 Å².